The lowest BCUT2D eigenvalue weighted by Gasteiger charge is -2.22. The van der Waals surface area contributed by atoms with Gasteiger partial charge in [-0.05, 0) is 27.7 Å². The molecule has 0 aliphatic heterocycles. The Balaban J connectivity index is 0. The predicted octanol–water partition coefficient (Wildman–Crippen LogP) is 2.13. The fourth-order valence-electron chi connectivity index (χ4n) is 0.581. The molecule has 3 nitrogen and oxygen atoms in total. The molecule has 0 heterocycles. The Kier molecular flexibility index (Phi) is 7.44. The second-order valence-corrected chi connectivity index (χ2v) is 3.21. The molecule has 0 aliphatic rings. The largest absolute Gasteiger partial charge is 0.479 e. The van der Waals surface area contributed by atoms with Crippen LogP contribution in [0.4, 0.5) is 0 Å². The van der Waals surface area contributed by atoms with E-state index in [1.807, 2.05) is 20.8 Å². The van der Waals surface area contributed by atoms with Gasteiger partial charge in [0.1, 0.15) is 0 Å². The summed E-state index contributed by atoms with van der Waals surface area (Å²) in [6, 6.07) is 0. The van der Waals surface area contributed by atoms with Gasteiger partial charge in [-0.2, -0.15) is 0 Å². The van der Waals surface area contributed by atoms with Gasteiger partial charge in [0.2, 0.25) is 0 Å². The van der Waals surface area contributed by atoms with Gasteiger partial charge in [-0.1, -0.05) is 0 Å². The Bertz CT molecular complexity index is 129. The molecule has 1 atom stereocenters. The number of aliphatic carboxylic acids is 1. The number of hydrogen-bond acceptors (Lipinski definition) is 2. The third-order valence-corrected chi connectivity index (χ3v) is 0.878. The Morgan fingerprint density at radius 1 is 1.42 bits per heavy atom. The third-order valence-electron chi connectivity index (χ3n) is 0.878. The highest BCUT2D eigenvalue weighted by Crippen LogP contribution is 2.09. The molecule has 0 radical (unpaired) electrons. The van der Waals surface area contributed by atoms with Gasteiger partial charge >= 0.3 is 5.97 Å². The van der Waals surface area contributed by atoms with E-state index in [1.54, 1.807) is 0 Å². The fraction of sp³-hybridized carbons (Fsp3) is 0.875. The van der Waals surface area contributed by atoms with E-state index in [2.05, 4.69) is 11.6 Å². The summed E-state index contributed by atoms with van der Waals surface area (Å²) in [5.41, 5.74) is -0.377. The molecule has 0 saturated heterocycles. The molecule has 0 spiro atoms. The van der Waals surface area contributed by atoms with E-state index in [4.69, 9.17) is 9.84 Å². The number of hydrogen-bond donors (Lipinski definition) is 1. The zero-order chi connectivity index (χ0) is 10.4. The Labute approximate surface area is 78.7 Å². The molecule has 0 aromatic heterocycles. The van der Waals surface area contributed by atoms with Crippen molar-refractivity contribution >= 4 is 17.6 Å². The minimum Gasteiger partial charge on any atom is -0.479 e. The molecule has 4 heteroatoms. The van der Waals surface area contributed by atoms with Crippen molar-refractivity contribution in [2.24, 2.45) is 0 Å². The van der Waals surface area contributed by atoms with E-state index < -0.39 is 12.1 Å². The van der Waals surface area contributed by atoms with Crippen LogP contribution < -0.4 is 0 Å². The number of carboxylic acids is 1. The zero-order valence-electron chi connectivity index (χ0n) is 8.22. The summed E-state index contributed by atoms with van der Waals surface area (Å²) in [4.78, 5) is 10.3. The number of alkyl halides is 1. The van der Waals surface area contributed by atoms with Crippen LogP contribution in [0.25, 0.3) is 0 Å². The van der Waals surface area contributed by atoms with Crippen molar-refractivity contribution in [1.29, 1.82) is 0 Å². The smallest absolute Gasteiger partial charge is 0.332 e. The average Bonchev–Trinajstić information content (AvgIpc) is 1.88. The second-order valence-electron chi connectivity index (χ2n) is 3.21. The highest BCUT2D eigenvalue weighted by atomic mass is 35.5. The summed E-state index contributed by atoms with van der Waals surface area (Å²) in [6.07, 6.45) is 0.750. The van der Waals surface area contributed by atoms with Crippen LogP contribution in [0.3, 0.4) is 0 Å². The first-order valence-electron chi connectivity index (χ1n) is 3.61. The SMILES string of the molecule is CC(OC(C)(C)C)C(=O)O.CCl. The van der Waals surface area contributed by atoms with Crippen LogP contribution in [-0.4, -0.2) is 29.2 Å². The molecule has 74 valence electrons. The van der Waals surface area contributed by atoms with Crippen LogP contribution in [0, 0.1) is 0 Å². The van der Waals surface area contributed by atoms with Crippen LogP contribution >= 0.6 is 11.6 Å². The van der Waals surface area contributed by atoms with E-state index in [-0.39, 0.29) is 5.60 Å². The topological polar surface area (TPSA) is 46.5 Å². The van der Waals surface area contributed by atoms with Gasteiger partial charge in [0.25, 0.3) is 0 Å². The molecule has 0 fully saturated rings. The van der Waals surface area contributed by atoms with Crippen LogP contribution in [0.5, 0.6) is 0 Å². The maximum Gasteiger partial charge on any atom is 0.332 e. The average molecular weight is 197 g/mol. The lowest BCUT2D eigenvalue weighted by atomic mass is 10.2. The van der Waals surface area contributed by atoms with E-state index in [1.165, 1.54) is 13.3 Å². The molecule has 0 aromatic rings. The van der Waals surface area contributed by atoms with Crippen LogP contribution in [-0.2, 0) is 9.53 Å². The molecule has 1 unspecified atom stereocenters. The van der Waals surface area contributed by atoms with Crippen molar-refractivity contribution in [1.82, 2.24) is 0 Å². The van der Waals surface area contributed by atoms with E-state index in [9.17, 15) is 4.79 Å². The first-order valence-corrected chi connectivity index (χ1v) is 4.37. The monoisotopic (exact) mass is 196 g/mol. The normalized spacial score (nSPS) is 12.8. The summed E-state index contributed by atoms with van der Waals surface area (Å²) in [5.74, 6) is -0.921. The van der Waals surface area contributed by atoms with Crippen LogP contribution in [0.1, 0.15) is 27.7 Å². The molecule has 1 N–H and O–H groups in total. The Morgan fingerprint density at radius 3 is 1.83 bits per heavy atom. The summed E-state index contributed by atoms with van der Waals surface area (Å²) in [5, 5.41) is 8.42. The second kappa shape index (κ2) is 6.26. The molecule has 0 bridgehead atoms. The fourth-order valence-corrected chi connectivity index (χ4v) is 0.581. The number of rotatable bonds is 2. The van der Waals surface area contributed by atoms with Crippen molar-refractivity contribution in [2.45, 2.75) is 39.4 Å². The summed E-state index contributed by atoms with van der Waals surface area (Å²) in [6.45, 7) is 7.00. The number of carbonyl (C=O) groups is 1. The van der Waals surface area contributed by atoms with Gasteiger partial charge in [-0.3, -0.25) is 0 Å². The molecular weight excluding hydrogens is 180 g/mol. The quantitative estimate of drug-likeness (QED) is 0.689. The lowest BCUT2D eigenvalue weighted by Crippen LogP contribution is -2.30. The summed E-state index contributed by atoms with van der Waals surface area (Å²) >= 11 is 4.64. The maximum absolute atomic E-state index is 10.3. The van der Waals surface area contributed by atoms with Gasteiger partial charge < -0.3 is 9.84 Å². The van der Waals surface area contributed by atoms with Crippen molar-refractivity contribution in [3.63, 3.8) is 0 Å². The number of ether oxygens (including phenoxy) is 1. The first-order chi connectivity index (χ1) is 5.33. The Hall–Kier alpha value is -0.280. The first kappa shape index (κ1) is 14.3. The van der Waals surface area contributed by atoms with E-state index >= 15 is 0 Å². The lowest BCUT2D eigenvalue weighted by molar-refractivity contribution is -0.157. The molecular formula is C8H17ClO3. The standard InChI is InChI=1S/C7H14O3.CH3Cl/c1-5(6(8)9)10-7(2,3)4;1-2/h5H,1-4H3,(H,8,9);1H3. The van der Waals surface area contributed by atoms with Crippen molar-refractivity contribution in [3.8, 4) is 0 Å². The number of halogens is 1. The molecule has 0 amide bonds. The minimum atomic E-state index is -0.921. The van der Waals surface area contributed by atoms with Crippen LogP contribution in [0.15, 0.2) is 0 Å². The molecule has 0 rings (SSSR count). The van der Waals surface area contributed by atoms with Crippen molar-refractivity contribution in [3.05, 3.63) is 0 Å². The molecule has 0 aliphatic carbocycles. The molecule has 0 saturated carbocycles. The van der Waals surface area contributed by atoms with Crippen molar-refractivity contribution in [2.75, 3.05) is 6.38 Å². The van der Waals surface area contributed by atoms with Crippen molar-refractivity contribution < 1.29 is 14.6 Å². The third kappa shape index (κ3) is 9.72. The molecule has 12 heavy (non-hydrogen) atoms. The predicted molar refractivity (Wildman–Crippen MR) is 49.7 cm³/mol. The number of carboxylic acid groups (broad SMARTS) is 1. The van der Waals surface area contributed by atoms with Gasteiger partial charge in [0.15, 0.2) is 6.10 Å². The maximum atomic E-state index is 10.3. The minimum absolute atomic E-state index is 0.377. The van der Waals surface area contributed by atoms with Crippen LogP contribution in [0.2, 0.25) is 0 Å². The highest BCUT2D eigenvalue weighted by Gasteiger charge is 2.19. The zero-order valence-corrected chi connectivity index (χ0v) is 8.97. The molecule has 0 aromatic carbocycles. The summed E-state index contributed by atoms with van der Waals surface area (Å²) < 4.78 is 5.10. The van der Waals surface area contributed by atoms with Gasteiger partial charge in [0.05, 0.1) is 5.60 Å². The highest BCUT2D eigenvalue weighted by molar-refractivity contribution is 6.15. The summed E-state index contributed by atoms with van der Waals surface area (Å²) in [7, 11) is 0. The van der Waals surface area contributed by atoms with Gasteiger partial charge in [-0.15, -0.1) is 11.6 Å². The van der Waals surface area contributed by atoms with Gasteiger partial charge in [-0.25, -0.2) is 4.79 Å². The van der Waals surface area contributed by atoms with E-state index in [0.717, 1.165) is 0 Å². The van der Waals surface area contributed by atoms with E-state index in [0.29, 0.717) is 0 Å². The van der Waals surface area contributed by atoms with Gasteiger partial charge in [0, 0.05) is 6.38 Å². The Morgan fingerprint density at radius 2 is 1.75 bits per heavy atom.